The van der Waals surface area contributed by atoms with Crippen LogP contribution in [0, 0.1) is 13.8 Å². The lowest BCUT2D eigenvalue weighted by Crippen LogP contribution is -2.06. The first-order valence-corrected chi connectivity index (χ1v) is 6.51. The number of aromatic nitrogens is 1. The first-order valence-electron chi connectivity index (χ1n) is 6.13. The minimum Gasteiger partial charge on any atom is -0.495 e. The minimum absolute atomic E-state index is 0.650. The van der Waals surface area contributed by atoms with E-state index in [0.717, 1.165) is 24.2 Å². The van der Waals surface area contributed by atoms with Crippen LogP contribution < -0.4 is 10.5 Å². The highest BCUT2D eigenvalue weighted by Crippen LogP contribution is 2.34. The van der Waals surface area contributed by atoms with Crippen molar-refractivity contribution in [3.63, 3.8) is 0 Å². The standard InChI is InChI=1S/C14H19ClN2O/c1-9-10(2)17(6-4-5-16)13-8-12(15)14(18-3)7-11(9)13/h7-8H,4-6,16H2,1-3H3. The number of aryl methyl sites for hydroxylation is 2. The SMILES string of the molecule is COc1cc2c(C)c(C)n(CCCN)c2cc1Cl. The zero-order chi connectivity index (χ0) is 13.3. The van der Waals surface area contributed by atoms with Crippen molar-refractivity contribution in [1.82, 2.24) is 4.57 Å². The number of hydrogen-bond acceptors (Lipinski definition) is 2. The number of nitrogens with zero attached hydrogens (tertiary/aromatic N) is 1. The van der Waals surface area contributed by atoms with Gasteiger partial charge in [0.15, 0.2) is 0 Å². The van der Waals surface area contributed by atoms with Crippen LogP contribution in [0.3, 0.4) is 0 Å². The van der Waals surface area contributed by atoms with E-state index in [9.17, 15) is 0 Å². The molecule has 1 aromatic heterocycles. The van der Waals surface area contributed by atoms with Crippen LogP contribution in [0.15, 0.2) is 12.1 Å². The number of nitrogens with two attached hydrogens (primary N) is 1. The molecule has 0 saturated heterocycles. The molecule has 0 radical (unpaired) electrons. The minimum atomic E-state index is 0.650. The van der Waals surface area contributed by atoms with Gasteiger partial charge in [0.2, 0.25) is 0 Å². The van der Waals surface area contributed by atoms with Gasteiger partial charge < -0.3 is 15.0 Å². The van der Waals surface area contributed by atoms with Crippen LogP contribution in [0.4, 0.5) is 0 Å². The molecule has 0 saturated carbocycles. The third-order valence-corrected chi connectivity index (χ3v) is 3.79. The predicted molar refractivity (Wildman–Crippen MR) is 76.6 cm³/mol. The second-order valence-corrected chi connectivity index (χ2v) is 4.92. The highest BCUT2D eigenvalue weighted by Gasteiger charge is 2.13. The molecule has 0 fully saturated rings. The fourth-order valence-corrected chi connectivity index (χ4v) is 2.57. The molecule has 2 rings (SSSR count). The number of methoxy groups -OCH3 is 1. The van der Waals surface area contributed by atoms with E-state index in [1.807, 2.05) is 12.1 Å². The van der Waals surface area contributed by atoms with Gasteiger partial charge in [-0.2, -0.15) is 0 Å². The van der Waals surface area contributed by atoms with E-state index in [-0.39, 0.29) is 0 Å². The van der Waals surface area contributed by atoms with Gasteiger partial charge >= 0.3 is 0 Å². The molecule has 3 nitrogen and oxygen atoms in total. The summed E-state index contributed by atoms with van der Waals surface area (Å²) in [5, 5.41) is 1.85. The molecule has 0 amide bonds. The molecular formula is C14H19ClN2O. The lowest BCUT2D eigenvalue weighted by molar-refractivity contribution is 0.415. The molecule has 0 atom stereocenters. The fourth-order valence-electron chi connectivity index (χ4n) is 2.34. The number of halogens is 1. The lowest BCUT2D eigenvalue weighted by atomic mass is 10.1. The monoisotopic (exact) mass is 266 g/mol. The molecule has 1 aromatic carbocycles. The summed E-state index contributed by atoms with van der Waals surface area (Å²) in [4.78, 5) is 0. The molecule has 0 aliphatic heterocycles. The van der Waals surface area contributed by atoms with Crippen molar-refractivity contribution >= 4 is 22.5 Å². The second kappa shape index (κ2) is 5.21. The van der Waals surface area contributed by atoms with Gasteiger partial charge in [-0.05, 0) is 44.5 Å². The van der Waals surface area contributed by atoms with Crippen molar-refractivity contribution in [3.05, 3.63) is 28.4 Å². The van der Waals surface area contributed by atoms with Gasteiger partial charge in [-0.1, -0.05) is 11.6 Å². The quantitative estimate of drug-likeness (QED) is 0.923. The maximum absolute atomic E-state index is 6.21. The number of benzene rings is 1. The molecule has 98 valence electrons. The van der Waals surface area contributed by atoms with E-state index < -0.39 is 0 Å². The first kappa shape index (κ1) is 13.2. The number of fused-ring (bicyclic) bond motifs is 1. The van der Waals surface area contributed by atoms with Crippen LogP contribution in [0.25, 0.3) is 10.9 Å². The average Bonchev–Trinajstić information content (AvgIpc) is 2.59. The number of rotatable bonds is 4. The van der Waals surface area contributed by atoms with E-state index in [4.69, 9.17) is 22.1 Å². The van der Waals surface area contributed by atoms with Crippen molar-refractivity contribution in [1.29, 1.82) is 0 Å². The van der Waals surface area contributed by atoms with Crippen LogP contribution >= 0.6 is 11.6 Å². The van der Waals surface area contributed by atoms with Crippen LogP contribution in [0.5, 0.6) is 5.75 Å². The van der Waals surface area contributed by atoms with Gasteiger partial charge in [-0.3, -0.25) is 0 Å². The molecule has 0 aliphatic rings. The summed E-state index contributed by atoms with van der Waals surface area (Å²) in [6, 6.07) is 3.99. The predicted octanol–water partition coefficient (Wildman–Crippen LogP) is 3.27. The van der Waals surface area contributed by atoms with Gasteiger partial charge in [0.05, 0.1) is 17.6 Å². The van der Waals surface area contributed by atoms with Gasteiger partial charge in [0.1, 0.15) is 5.75 Å². The molecule has 0 bridgehead atoms. The van der Waals surface area contributed by atoms with Crippen molar-refractivity contribution in [2.24, 2.45) is 5.73 Å². The van der Waals surface area contributed by atoms with E-state index in [2.05, 4.69) is 18.4 Å². The average molecular weight is 267 g/mol. The zero-order valence-electron chi connectivity index (χ0n) is 11.1. The highest BCUT2D eigenvalue weighted by molar-refractivity contribution is 6.32. The Kier molecular flexibility index (Phi) is 3.83. The van der Waals surface area contributed by atoms with Crippen molar-refractivity contribution in [2.45, 2.75) is 26.8 Å². The van der Waals surface area contributed by atoms with Gasteiger partial charge in [0, 0.05) is 17.6 Å². The first-order chi connectivity index (χ1) is 8.60. The maximum atomic E-state index is 6.21. The molecule has 1 heterocycles. The summed E-state index contributed by atoms with van der Waals surface area (Å²) in [7, 11) is 1.64. The molecule has 0 unspecified atom stereocenters. The van der Waals surface area contributed by atoms with Crippen molar-refractivity contribution in [3.8, 4) is 5.75 Å². The van der Waals surface area contributed by atoms with Gasteiger partial charge in [-0.25, -0.2) is 0 Å². The third-order valence-electron chi connectivity index (χ3n) is 3.50. The van der Waals surface area contributed by atoms with Crippen LogP contribution in [0.2, 0.25) is 5.02 Å². The Hall–Kier alpha value is -1.19. The largest absolute Gasteiger partial charge is 0.495 e. The molecule has 0 aliphatic carbocycles. The Morgan fingerprint density at radius 2 is 2.06 bits per heavy atom. The Morgan fingerprint density at radius 1 is 1.33 bits per heavy atom. The van der Waals surface area contributed by atoms with E-state index in [0.29, 0.717) is 11.6 Å². The number of ether oxygens (including phenoxy) is 1. The van der Waals surface area contributed by atoms with E-state index in [1.165, 1.54) is 16.6 Å². The van der Waals surface area contributed by atoms with Crippen LogP contribution in [-0.2, 0) is 6.54 Å². The Labute approximate surface area is 112 Å². The fraction of sp³-hybridized carbons (Fsp3) is 0.429. The zero-order valence-corrected chi connectivity index (χ0v) is 11.8. The molecule has 2 aromatic rings. The normalized spacial score (nSPS) is 11.2. The van der Waals surface area contributed by atoms with Crippen LogP contribution in [-0.4, -0.2) is 18.2 Å². The second-order valence-electron chi connectivity index (χ2n) is 4.51. The summed E-state index contributed by atoms with van der Waals surface area (Å²) in [5.74, 6) is 0.725. The highest BCUT2D eigenvalue weighted by atomic mass is 35.5. The topological polar surface area (TPSA) is 40.2 Å². The summed E-state index contributed by atoms with van der Waals surface area (Å²) < 4.78 is 7.56. The van der Waals surface area contributed by atoms with Gasteiger partial charge in [-0.15, -0.1) is 0 Å². The van der Waals surface area contributed by atoms with Crippen molar-refractivity contribution < 1.29 is 4.74 Å². The maximum Gasteiger partial charge on any atom is 0.138 e. The van der Waals surface area contributed by atoms with Crippen molar-refractivity contribution in [2.75, 3.05) is 13.7 Å². The van der Waals surface area contributed by atoms with E-state index >= 15 is 0 Å². The smallest absolute Gasteiger partial charge is 0.138 e. The molecular weight excluding hydrogens is 248 g/mol. The molecule has 0 spiro atoms. The summed E-state index contributed by atoms with van der Waals surface area (Å²) >= 11 is 6.21. The Balaban J connectivity index is 2.64. The molecule has 2 N–H and O–H groups in total. The lowest BCUT2D eigenvalue weighted by Gasteiger charge is -2.08. The molecule has 4 heteroatoms. The third kappa shape index (κ3) is 2.08. The van der Waals surface area contributed by atoms with Crippen LogP contribution in [0.1, 0.15) is 17.7 Å². The Bertz CT molecular complexity index is 575. The number of hydrogen-bond donors (Lipinski definition) is 1. The summed E-state index contributed by atoms with van der Waals surface area (Å²) in [6.07, 6.45) is 0.966. The summed E-state index contributed by atoms with van der Waals surface area (Å²) in [6.45, 7) is 5.88. The van der Waals surface area contributed by atoms with Gasteiger partial charge in [0.25, 0.3) is 0 Å². The molecule has 18 heavy (non-hydrogen) atoms. The summed E-state index contributed by atoms with van der Waals surface area (Å²) in [5.41, 5.74) is 9.29. The van der Waals surface area contributed by atoms with E-state index in [1.54, 1.807) is 7.11 Å². The Morgan fingerprint density at radius 3 is 2.67 bits per heavy atom.